The zero-order chi connectivity index (χ0) is 26.2. The number of rotatable bonds is 5. The van der Waals surface area contributed by atoms with E-state index in [1.807, 2.05) is 6.07 Å². The molecule has 6 aromatic carbocycles. The van der Waals surface area contributed by atoms with Gasteiger partial charge in [-0.05, 0) is 65.2 Å². The van der Waals surface area contributed by atoms with Crippen LogP contribution in [0.1, 0.15) is 0 Å². The van der Waals surface area contributed by atoms with E-state index >= 15 is 0 Å². The number of nitrogens with zero attached hydrogens (tertiary/aromatic N) is 2. The van der Waals surface area contributed by atoms with Crippen molar-refractivity contribution in [2.75, 3.05) is 11.9 Å². The van der Waals surface area contributed by atoms with Crippen LogP contribution in [-0.2, 0) is 0 Å². The molecule has 1 aromatic heterocycles. The first kappa shape index (κ1) is 23.1. The molecule has 2 heteroatoms. The summed E-state index contributed by atoms with van der Waals surface area (Å²) in [5.41, 5.74) is 10.8. The second kappa shape index (κ2) is 9.66. The molecule has 7 aromatic rings. The fraction of sp³-hybridized carbons (Fsp3) is 0.0270. The zero-order valence-corrected chi connectivity index (χ0v) is 21.8. The molecule has 0 N–H and O–H groups in total. The Balaban J connectivity index is 1.35. The molecule has 0 spiro atoms. The van der Waals surface area contributed by atoms with Gasteiger partial charge in [0.25, 0.3) is 0 Å². The molecular weight excluding hydrogens is 472 g/mol. The summed E-state index contributed by atoms with van der Waals surface area (Å²) in [6.45, 7) is 0. The first-order valence-corrected chi connectivity index (χ1v) is 13.4. The largest absolute Gasteiger partial charge is 0.345 e. The van der Waals surface area contributed by atoms with Crippen LogP contribution in [0.25, 0.3) is 49.7 Å². The SMILES string of the molecule is CN(c1ccccc1)c1ccc(-c2ccc3c(c2)c2ccccc2n3-c2ccccc2-c2ccccc2)cc1. The Morgan fingerprint density at radius 2 is 1.03 bits per heavy atom. The first-order chi connectivity index (χ1) is 19.3. The van der Waals surface area contributed by atoms with E-state index in [0.717, 1.165) is 0 Å². The molecule has 0 aliphatic heterocycles. The van der Waals surface area contributed by atoms with Crippen molar-refractivity contribution in [3.63, 3.8) is 0 Å². The van der Waals surface area contributed by atoms with Crippen LogP contribution in [0.4, 0.5) is 11.4 Å². The number of aromatic nitrogens is 1. The molecule has 0 saturated heterocycles. The van der Waals surface area contributed by atoms with E-state index < -0.39 is 0 Å². The van der Waals surface area contributed by atoms with E-state index in [1.54, 1.807) is 0 Å². The summed E-state index contributed by atoms with van der Waals surface area (Å²) in [5, 5.41) is 2.52. The lowest BCUT2D eigenvalue weighted by Crippen LogP contribution is -2.08. The fourth-order valence-electron chi connectivity index (χ4n) is 5.62. The highest BCUT2D eigenvalue weighted by Crippen LogP contribution is 2.38. The Morgan fingerprint density at radius 3 is 1.82 bits per heavy atom. The van der Waals surface area contributed by atoms with Gasteiger partial charge in [-0.2, -0.15) is 0 Å². The van der Waals surface area contributed by atoms with Crippen molar-refractivity contribution in [2.45, 2.75) is 0 Å². The topological polar surface area (TPSA) is 8.17 Å². The lowest BCUT2D eigenvalue weighted by atomic mass is 10.0. The number of anilines is 2. The van der Waals surface area contributed by atoms with Gasteiger partial charge in [0.05, 0.1) is 16.7 Å². The molecule has 0 bridgehead atoms. The summed E-state index contributed by atoms with van der Waals surface area (Å²) in [4.78, 5) is 2.21. The maximum Gasteiger partial charge on any atom is 0.0541 e. The Morgan fingerprint density at radius 1 is 0.436 bits per heavy atom. The molecule has 0 radical (unpaired) electrons. The Bertz CT molecular complexity index is 1900. The molecule has 0 atom stereocenters. The van der Waals surface area contributed by atoms with Gasteiger partial charge in [-0.3, -0.25) is 0 Å². The van der Waals surface area contributed by atoms with Crippen LogP contribution in [0.5, 0.6) is 0 Å². The molecule has 0 aliphatic rings. The van der Waals surface area contributed by atoms with Crippen molar-refractivity contribution in [2.24, 2.45) is 0 Å². The minimum Gasteiger partial charge on any atom is -0.345 e. The molecule has 1 heterocycles. The van der Waals surface area contributed by atoms with Gasteiger partial charge >= 0.3 is 0 Å². The van der Waals surface area contributed by atoms with Crippen molar-refractivity contribution in [3.05, 3.63) is 152 Å². The molecule has 0 unspecified atom stereocenters. The maximum atomic E-state index is 2.41. The fourth-order valence-corrected chi connectivity index (χ4v) is 5.62. The van der Waals surface area contributed by atoms with Gasteiger partial charge in [-0.15, -0.1) is 0 Å². The lowest BCUT2D eigenvalue weighted by Gasteiger charge is -2.19. The quantitative estimate of drug-likeness (QED) is 0.228. The molecule has 39 heavy (non-hydrogen) atoms. The minimum atomic E-state index is 1.17. The van der Waals surface area contributed by atoms with Gasteiger partial charge in [0.1, 0.15) is 0 Å². The number of hydrogen-bond donors (Lipinski definition) is 0. The third kappa shape index (κ3) is 4.07. The van der Waals surface area contributed by atoms with Gasteiger partial charge in [-0.25, -0.2) is 0 Å². The summed E-state index contributed by atoms with van der Waals surface area (Å²) in [6.07, 6.45) is 0. The van der Waals surface area contributed by atoms with Crippen LogP contribution in [0.3, 0.4) is 0 Å². The maximum absolute atomic E-state index is 2.41. The van der Waals surface area contributed by atoms with Crippen LogP contribution in [0.15, 0.2) is 152 Å². The van der Waals surface area contributed by atoms with Crippen molar-refractivity contribution in [1.82, 2.24) is 4.57 Å². The monoisotopic (exact) mass is 500 g/mol. The molecule has 0 saturated carbocycles. The predicted octanol–water partition coefficient (Wildman–Crippen LogP) is 9.89. The predicted molar refractivity (Wildman–Crippen MR) is 166 cm³/mol. The van der Waals surface area contributed by atoms with Crippen molar-refractivity contribution in [3.8, 4) is 27.9 Å². The number of hydrogen-bond acceptors (Lipinski definition) is 1. The number of para-hydroxylation sites is 3. The Hall–Kier alpha value is -5.08. The summed E-state index contributed by atoms with van der Waals surface area (Å²) in [7, 11) is 2.11. The van der Waals surface area contributed by atoms with E-state index in [0.29, 0.717) is 0 Å². The molecule has 0 aliphatic carbocycles. The van der Waals surface area contributed by atoms with Crippen molar-refractivity contribution < 1.29 is 0 Å². The smallest absolute Gasteiger partial charge is 0.0541 e. The summed E-state index contributed by atoms with van der Waals surface area (Å²) < 4.78 is 2.41. The molecule has 2 nitrogen and oxygen atoms in total. The van der Waals surface area contributed by atoms with Crippen molar-refractivity contribution in [1.29, 1.82) is 0 Å². The highest BCUT2D eigenvalue weighted by atomic mass is 15.1. The van der Waals surface area contributed by atoms with Crippen LogP contribution in [-0.4, -0.2) is 11.6 Å². The third-order valence-corrected chi connectivity index (χ3v) is 7.63. The molecule has 7 rings (SSSR count). The normalized spacial score (nSPS) is 11.2. The highest BCUT2D eigenvalue weighted by molar-refractivity contribution is 6.11. The molecular formula is C37H28N2. The summed E-state index contributed by atoms with van der Waals surface area (Å²) >= 11 is 0. The second-order valence-corrected chi connectivity index (χ2v) is 9.91. The third-order valence-electron chi connectivity index (χ3n) is 7.63. The van der Waals surface area contributed by atoms with Crippen LogP contribution in [0, 0.1) is 0 Å². The van der Waals surface area contributed by atoms with Gasteiger partial charge in [0.15, 0.2) is 0 Å². The second-order valence-electron chi connectivity index (χ2n) is 9.91. The molecule has 0 fully saturated rings. The Kier molecular flexibility index (Phi) is 5.71. The lowest BCUT2D eigenvalue weighted by molar-refractivity contribution is 1.18. The van der Waals surface area contributed by atoms with Gasteiger partial charge < -0.3 is 9.47 Å². The van der Waals surface area contributed by atoms with E-state index in [2.05, 4.69) is 162 Å². The Labute approximate surface area is 229 Å². The number of fused-ring (bicyclic) bond motifs is 3. The first-order valence-electron chi connectivity index (χ1n) is 13.4. The molecule has 186 valence electrons. The summed E-state index contributed by atoms with van der Waals surface area (Å²) in [5.74, 6) is 0. The number of benzene rings is 6. The van der Waals surface area contributed by atoms with Gasteiger partial charge in [0, 0.05) is 34.8 Å². The average Bonchev–Trinajstić information content (AvgIpc) is 3.35. The standard InChI is InChI=1S/C37H28N2/c1-38(30-14-6-3-7-15-30)31-23-20-27(21-24-31)29-22-25-37-34(26-29)33-17-9-11-19-36(33)39(37)35-18-10-8-16-32(35)28-12-4-2-5-13-28/h2-26H,1H3. The van der Waals surface area contributed by atoms with Crippen LogP contribution >= 0.6 is 0 Å². The van der Waals surface area contributed by atoms with Gasteiger partial charge in [0.2, 0.25) is 0 Å². The molecule has 0 amide bonds. The minimum absolute atomic E-state index is 1.17. The van der Waals surface area contributed by atoms with E-state index in [4.69, 9.17) is 0 Å². The highest BCUT2D eigenvalue weighted by Gasteiger charge is 2.16. The van der Waals surface area contributed by atoms with Crippen molar-refractivity contribution >= 4 is 33.2 Å². The van der Waals surface area contributed by atoms with E-state index in [-0.39, 0.29) is 0 Å². The summed E-state index contributed by atoms with van der Waals surface area (Å²) in [6, 6.07) is 54.2. The van der Waals surface area contributed by atoms with E-state index in [9.17, 15) is 0 Å². The van der Waals surface area contributed by atoms with Gasteiger partial charge in [-0.1, -0.05) is 103 Å². The van der Waals surface area contributed by atoms with E-state index in [1.165, 1.54) is 61.1 Å². The van der Waals surface area contributed by atoms with Crippen LogP contribution in [0.2, 0.25) is 0 Å². The average molecular weight is 501 g/mol. The van der Waals surface area contributed by atoms with Crippen LogP contribution < -0.4 is 4.90 Å². The zero-order valence-electron chi connectivity index (χ0n) is 21.8.